The van der Waals surface area contributed by atoms with Gasteiger partial charge in [-0.1, -0.05) is 17.7 Å². The van der Waals surface area contributed by atoms with Crippen LogP contribution in [0.4, 0.5) is 5.69 Å². The zero-order valence-electron chi connectivity index (χ0n) is 20.8. The molecule has 2 heterocycles. The predicted octanol–water partition coefficient (Wildman–Crippen LogP) is 3.95. The van der Waals surface area contributed by atoms with Gasteiger partial charge in [-0.05, 0) is 68.5 Å². The number of hydrogen-bond donors (Lipinski definition) is 1. The van der Waals surface area contributed by atoms with Gasteiger partial charge in [0, 0.05) is 11.4 Å². The van der Waals surface area contributed by atoms with E-state index < -0.39 is 21.9 Å². The zero-order chi connectivity index (χ0) is 26.7. The minimum atomic E-state index is -3.73. The molecule has 0 atom stereocenters. The Morgan fingerprint density at radius 1 is 1.00 bits per heavy atom. The van der Waals surface area contributed by atoms with Gasteiger partial charge in [-0.25, -0.2) is 17.9 Å². The number of carbonyl (C=O) groups excluding carboxylic acids is 2. The van der Waals surface area contributed by atoms with Crippen molar-refractivity contribution in [2.45, 2.75) is 25.3 Å². The third-order valence-electron chi connectivity index (χ3n) is 5.86. The molecule has 0 radical (unpaired) electrons. The van der Waals surface area contributed by atoms with Crippen LogP contribution in [0.25, 0.3) is 6.08 Å². The first-order valence-corrected chi connectivity index (χ1v) is 12.8. The number of aryl methyl sites for hydroxylation is 1. The fourth-order valence-corrected chi connectivity index (χ4v) is 4.89. The van der Waals surface area contributed by atoms with Crippen LogP contribution in [0.5, 0.6) is 5.75 Å². The summed E-state index contributed by atoms with van der Waals surface area (Å²) < 4.78 is 43.5. The minimum Gasteiger partial charge on any atom is -0.497 e. The largest absolute Gasteiger partial charge is 0.497 e. The van der Waals surface area contributed by atoms with Crippen LogP contribution in [-0.2, 0) is 30.9 Å². The monoisotopic (exact) mass is 522 g/mol. The normalized spacial score (nSPS) is 15.0. The van der Waals surface area contributed by atoms with Crippen molar-refractivity contribution in [2.24, 2.45) is 0 Å². The van der Waals surface area contributed by atoms with Gasteiger partial charge in [-0.15, -0.1) is 0 Å². The Morgan fingerprint density at radius 3 is 2.30 bits per heavy atom. The average molecular weight is 523 g/mol. The van der Waals surface area contributed by atoms with E-state index in [-0.39, 0.29) is 28.3 Å². The number of anilines is 1. The van der Waals surface area contributed by atoms with Crippen molar-refractivity contribution >= 4 is 33.7 Å². The van der Waals surface area contributed by atoms with Crippen molar-refractivity contribution in [3.05, 3.63) is 94.6 Å². The Balaban J connectivity index is 1.59. The van der Waals surface area contributed by atoms with Crippen LogP contribution in [0.2, 0.25) is 0 Å². The molecule has 37 heavy (non-hydrogen) atoms. The van der Waals surface area contributed by atoms with E-state index in [4.69, 9.17) is 13.9 Å². The molecule has 2 aromatic carbocycles. The van der Waals surface area contributed by atoms with Gasteiger partial charge < -0.3 is 13.9 Å². The average Bonchev–Trinajstić information content (AvgIpc) is 3.44. The third kappa shape index (κ3) is 5.35. The summed E-state index contributed by atoms with van der Waals surface area (Å²) in [6.45, 7) is 3.43. The lowest BCUT2D eigenvalue weighted by molar-refractivity contribution is -0.136. The van der Waals surface area contributed by atoms with Gasteiger partial charge in [0.25, 0.3) is 5.91 Å². The second-order valence-electron chi connectivity index (χ2n) is 8.29. The maximum absolute atomic E-state index is 13.4. The predicted molar refractivity (Wildman–Crippen MR) is 137 cm³/mol. The number of rotatable bonds is 8. The Labute approximate surface area is 215 Å². The lowest BCUT2D eigenvalue weighted by Crippen LogP contribution is -2.24. The van der Waals surface area contributed by atoms with Crippen LogP contribution in [0.15, 0.2) is 86.8 Å². The van der Waals surface area contributed by atoms with Crippen molar-refractivity contribution in [3.8, 4) is 5.75 Å². The van der Waals surface area contributed by atoms with Crippen LogP contribution in [0.1, 0.15) is 24.0 Å². The summed E-state index contributed by atoms with van der Waals surface area (Å²) in [5, 5.41) is 0. The van der Waals surface area contributed by atoms with E-state index in [1.165, 1.54) is 30.2 Å². The maximum Gasteiger partial charge on any atom is 0.340 e. The highest BCUT2D eigenvalue weighted by Crippen LogP contribution is 2.36. The van der Waals surface area contributed by atoms with E-state index in [1.54, 1.807) is 62.6 Å². The van der Waals surface area contributed by atoms with Crippen molar-refractivity contribution in [1.82, 2.24) is 4.72 Å². The summed E-state index contributed by atoms with van der Waals surface area (Å²) in [6, 6.07) is 16.5. The van der Waals surface area contributed by atoms with Crippen LogP contribution < -0.4 is 14.4 Å². The first kappa shape index (κ1) is 25.9. The van der Waals surface area contributed by atoms with Gasteiger partial charge in [-0.2, -0.15) is 0 Å². The maximum atomic E-state index is 13.4. The van der Waals surface area contributed by atoms with Crippen molar-refractivity contribution in [2.75, 3.05) is 19.1 Å². The molecule has 0 bridgehead atoms. The van der Waals surface area contributed by atoms with Gasteiger partial charge in [-0.3, -0.25) is 9.69 Å². The molecule has 4 rings (SSSR count). The fourth-order valence-electron chi connectivity index (χ4n) is 3.90. The first-order valence-electron chi connectivity index (χ1n) is 11.3. The number of nitrogens with one attached hydrogen (secondary N) is 1. The molecule has 10 heteroatoms. The summed E-state index contributed by atoms with van der Waals surface area (Å²) in [4.78, 5) is 27.5. The second-order valence-corrected chi connectivity index (χ2v) is 10.1. The molecule has 1 aliphatic rings. The molecule has 9 nitrogen and oxygen atoms in total. The van der Waals surface area contributed by atoms with Crippen molar-refractivity contribution < 1.29 is 31.9 Å². The van der Waals surface area contributed by atoms with E-state index in [2.05, 4.69) is 4.72 Å². The van der Waals surface area contributed by atoms with E-state index in [0.717, 1.165) is 5.56 Å². The molecular formula is C27H26N2O7S. The smallest absolute Gasteiger partial charge is 0.340 e. The molecule has 1 amide bonds. The Morgan fingerprint density at radius 2 is 1.68 bits per heavy atom. The number of methoxy groups -OCH3 is 2. The number of hydrogen-bond acceptors (Lipinski definition) is 7. The number of furan rings is 1. The zero-order valence-corrected chi connectivity index (χ0v) is 21.6. The van der Waals surface area contributed by atoms with Crippen LogP contribution in [0.3, 0.4) is 0 Å². The van der Waals surface area contributed by atoms with Gasteiger partial charge >= 0.3 is 5.97 Å². The van der Waals surface area contributed by atoms with Crippen molar-refractivity contribution in [1.29, 1.82) is 0 Å². The molecule has 0 fully saturated rings. The lowest BCUT2D eigenvalue weighted by atomic mass is 10.1. The Kier molecular flexibility index (Phi) is 7.33. The number of esters is 1. The van der Waals surface area contributed by atoms with Crippen LogP contribution >= 0.6 is 0 Å². The lowest BCUT2D eigenvalue weighted by Gasteiger charge is -2.18. The highest BCUT2D eigenvalue weighted by molar-refractivity contribution is 7.89. The molecular weight excluding hydrogens is 496 g/mol. The standard InChI is InChI=1S/C27H26N2O7S/c1-17-5-13-23(14-6-17)37(32,33)28-16-22-12-11-21(36-22)15-24-25(27(31)35-4)18(2)29(26(24)30)19-7-9-20(34-3)10-8-19/h5-15,28H,16H2,1-4H3/b24-15+. The molecule has 0 spiro atoms. The molecule has 192 valence electrons. The number of nitrogens with zero attached hydrogens (tertiary/aromatic N) is 1. The summed E-state index contributed by atoms with van der Waals surface area (Å²) in [7, 11) is -0.949. The number of carbonyl (C=O) groups is 2. The first-order chi connectivity index (χ1) is 17.6. The van der Waals surface area contributed by atoms with E-state index in [9.17, 15) is 18.0 Å². The number of benzene rings is 2. The van der Waals surface area contributed by atoms with E-state index in [0.29, 0.717) is 22.9 Å². The summed E-state index contributed by atoms with van der Waals surface area (Å²) in [6.07, 6.45) is 1.44. The molecule has 0 saturated carbocycles. The van der Waals surface area contributed by atoms with Crippen LogP contribution in [0, 0.1) is 6.92 Å². The second kappa shape index (κ2) is 10.5. The van der Waals surface area contributed by atoms with Gasteiger partial charge in [0.05, 0.1) is 36.8 Å². The quantitative estimate of drug-likeness (QED) is 0.352. The number of sulfonamides is 1. The molecule has 3 aromatic rings. The summed E-state index contributed by atoms with van der Waals surface area (Å²) in [5.41, 5.74) is 2.12. The molecule has 1 aliphatic heterocycles. The Bertz CT molecular complexity index is 1500. The van der Waals surface area contributed by atoms with Gasteiger partial charge in [0.2, 0.25) is 10.0 Å². The number of ether oxygens (including phenoxy) is 2. The van der Waals surface area contributed by atoms with Crippen molar-refractivity contribution in [3.63, 3.8) is 0 Å². The van der Waals surface area contributed by atoms with E-state index >= 15 is 0 Å². The highest BCUT2D eigenvalue weighted by Gasteiger charge is 2.38. The minimum absolute atomic E-state index is 0.0932. The molecule has 1 N–H and O–H groups in total. The molecule has 0 saturated heterocycles. The van der Waals surface area contributed by atoms with Gasteiger partial charge in [0.15, 0.2) is 0 Å². The molecule has 0 unspecified atom stereocenters. The highest BCUT2D eigenvalue weighted by atomic mass is 32.2. The molecule has 0 aliphatic carbocycles. The molecule has 1 aromatic heterocycles. The topological polar surface area (TPSA) is 115 Å². The summed E-state index contributed by atoms with van der Waals surface area (Å²) in [5.74, 6) is 0.146. The fraction of sp³-hybridized carbons (Fsp3) is 0.185. The van der Waals surface area contributed by atoms with Crippen LogP contribution in [-0.4, -0.2) is 34.5 Å². The third-order valence-corrected chi connectivity index (χ3v) is 7.27. The SMILES string of the molecule is COC(=O)C1=C(C)N(c2ccc(OC)cc2)C(=O)/C1=C/c1ccc(CNS(=O)(=O)c2ccc(C)cc2)o1. The Hall–Kier alpha value is -4.15. The van der Waals surface area contributed by atoms with E-state index in [1.807, 2.05) is 6.92 Å². The number of amides is 1. The number of allylic oxidation sites excluding steroid dienone is 1. The summed E-state index contributed by atoms with van der Waals surface area (Å²) >= 11 is 0. The van der Waals surface area contributed by atoms with Gasteiger partial charge in [0.1, 0.15) is 17.3 Å².